The maximum Gasteiger partial charge on any atom is 0.407 e. The molecule has 2 aliphatic heterocycles. The van der Waals surface area contributed by atoms with Gasteiger partial charge < -0.3 is 25.7 Å². The van der Waals surface area contributed by atoms with Gasteiger partial charge in [0, 0.05) is 61.4 Å². The standard InChI is InChI=1S/C29H41N7O2/c1-29(2,3)38-28(37)31-9-5-6-19-10-21(11-19)32-15-20(14-30)27-16-33-25-8-7-22(13-26(25)34-27)36-18-23-12-24(36)17-35(23)4/h7-8,13-16,19,21,23-24,30,32H,5-6,9-12,17-18H2,1-4H3,(H,31,37)/b20-15+,30-14?. The molecule has 0 spiro atoms. The third-order valence-electron chi connectivity index (χ3n) is 7.99. The summed E-state index contributed by atoms with van der Waals surface area (Å²) in [6, 6.07) is 7.99. The second-order valence-corrected chi connectivity index (χ2v) is 12.1. The SMILES string of the molecule is CN1CC2CC1CN2c1ccc2ncc(/C(C=N)=C/NC3CC(CCCNC(=O)OC(C)(C)C)C3)nc2c1. The first kappa shape index (κ1) is 26.4. The largest absolute Gasteiger partial charge is 0.444 e. The second kappa shape index (κ2) is 10.9. The summed E-state index contributed by atoms with van der Waals surface area (Å²) in [5, 5.41) is 14.3. The summed E-state index contributed by atoms with van der Waals surface area (Å²) in [6.07, 6.45) is 10.1. The van der Waals surface area contributed by atoms with Crippen molar-refractivity contribution in [2.75, 3.05) is 31.6 Å². The minimum atomic E-state index is -0.466. The number of allylic oxidation sites excluding steroid dienone is 1. The average Bonchev–Trinajstić information content (AvgIpc) is 3.42. The molecule has 1 aliphatic carbocycles. The number of nitrogens with zero attached hydrogens (tertiary/aromatic N) is 4. The van der Waals surface area contributed by atoms with Crippen LogP contribution in [0.3, 0.4) is 0 Å². The van der Waals surface area contributed by atoms with Crippen LogP contribution in [-0.4, -0.2) is 77.6 Å². The van der Waals surface area contributed by atoms with Crippen LogP contribution in [0.25, 0.3) is 16.6 Å². The van der Waals surface area contributed by atoms with E-state index in [-0.39, 0.29) is 6.09 Å². The molecule has 1 amide bonds. The molecule has 2 bridgehead atoms. The molecule has 5 rings (SSSR count). The number of benzene rings is 1. The first-order valence-electron chi connectivity index (χ1n) is 13.9. The van der Waals surface area contributed by atoms with Crippen molar-refractivity contribution in [1.82, 2.24) is 25.5 Å². The fourth-order valence-electron chi connectivity index (χ4n) is 5.90. The van der Waals surface area contributed by atoms with E-state index >= 15 is 0 Å². The third kappa shape index (κ3) is 6.09. The molecule has 2 atom stereocenters. The van der Waals surface area contributed by atoms with Crippen molar-refractivity contribution in [2.24, 2.45) is 5.92 Å². The molecular weight excluding hydrogens is 478 g/mol. The number of alkyl carbamates (subject to hydrolysis) is 1. The van der Waals surface area contributed by atoms with Crippen LogP contribution in [0.4, 0.5) is 10.5 Å². The third-order valence-corrected chi connectivity index (χ3v) is 7.99. The normalized spacial score (nSPS) is 25.4. The minimum Gasteiger partial charge on any atom is -0.444 e. The van der Waals surface area contributed by atoms with Crippen LogP contribution in [-0.2, 0) is 4.74 Å². The second-order valence-electron chi connectivity index (χ2n) is 12.1. The Hall–Kier alpha value is -3.20. The van der Waals surface area contributed by atoms with Crippen molar-refractivity contribution in [1.29, 1.82) is 5.41 Å². The maximum atomic E-state index is 11.7. The quantitative estimate of drug-likeness (QED) is 0.337. The number of carbonyl (C=O) groups is 1. The molecule has 3 fully saturated rings. The number of likely N-dealkylation sites (tertiary alicyclic amines) is 1. The molecule has 38 heavy (non-hydrogen) atoms. The average molecular weight is 520 g/mol. The minimum absolute atomic E-state index is 0.348. The van der Waals surface area contributed by atoms with Crippen molar-refractivity contribution in [3.63, 3.8) is 0 Å². The number of likely N-dealkylation sites (N-methyl/N-ethyl adjacent to an activating group) is 1. The molecular formula is C29H41N7O2. The Morgan fingerprint density at radius 3 is 2.68 bits per heavy atom. The van der Waals surface area contributed by atoms with Crippen LogP contribution in [0, 0.1) is 11.3 Å². The van der Waals surface area contributed by atoms with Gasteiger partial charge in [-0.25, -0.2) is 9.78 Å². The van der Waals surface area contributed by atoms with Gasteiger partial charge in [0.2, 0.25) is 0 Å². The van der Waals surface area contributed by atoms with E-state index < -0.39 is 5.60 Å². The molecule has 9 heteroatoms. The zero-order valence-electron chi connectivity index (χ0n) is 23.0. The lowest BCUT2D eigenvalue weighted by atomic mass is 9.77. The number of carbonyl (C=O) groups excluding carboxylic acids is 1. The number of ether oxygens (including phenoxy) is 1. The van der Waals surface area contributed by atoms with Crippen LogP contribution < -0.4 is 15.5 Å². The van der Waals surface area contributed by atoms with Gasteiger partial charge in [-0.1, -0.05) is 0 Å². The number of fused-ring (bicyclic) bond motifs is 3. The number of nitrogens with one attached hydrogen (secondary N) is 3. The van der Waals surface area contributed by atoms with E-state index in [9.17, 15) is 4.79 Å². The summed E-state index contributed by atoms with van der Waals surface area (Å²) >= 11 is 0. The molecule has 0 radical (unpaired) electrons. The Morgan fingerprint density at radius 2 is 2.00 bits per heavy atom. The summed E-state index contributed by atoms with van der Waals surface area (Å²) in [5.41, 5.74) is 3.93. The zero-order chi connectivity index (χ0) is 26.9. The first-order chi connectivity index (χ1) is 18.2. The van der Waals surface area contributed by atoms with Crippen molar-refractivity contribution < 1.29 is 9.53 Å². The molecule has 3 heterocycles. The van der Waals surface area contributed by atoms with Gasteiger partial charge in [0.1, 0.15) is 5.60 Å². The molecule has 204 valence electrons. The highest BCUT2D eigenvalue weighted by Gasteiger charge is 2.41. The number of aromatic nitrogens is 2. The molecule has 1 aromatic heterocycles. The van der Waals surface area contributed by atoms with Crippen LogP contribution in [0.5, 0.6) is 0 Å². The van der Waals surface area contributed by atoms with Crippen LogP contribution in [0.2, 0.25) is 0 Å². The van der Waals surface area contributed by atoms with E-state index in [4.69, 9.17) is 15.1 Å². The number of amides is 1. The predicted octanol–water partition coefficient (Wildman–Crippen LogP) is 4.19. The van der Waals surface area contributed by atoms with Crippen molar-refractivity contribution in [3.05, 3.63) is 36.3 Å². The molecule has 3 aliphatic rings. The topological polar surface area (TPSA) is 106 Å². The van der Waals surface area contributed by atoms with E-state index in [1.54, 1.807) is 6.20 Å². The number of anilines is 1. The summed E-state index contributed by atoms with van der Waals surface area (Å²) in [4.78, 5) is 26.2. The van der Waals surface area contributed by atoms with Crippen molar-refractivity contribution >= 4 is 34.6 Å². The van der Waals surface area contributed by atoms with Gasteiger partial charge in [-0.3, -0.25) is 9.88 Å². The Bertz CT molecular complexity index is 1200. The van der Waals surface area contributed by atoms with Gasteiger partial charge in [0.15, 0.2) is 0 Å². The van der Waals surface area contributed by atoms with Gasteiger partial charge >= 0.3 is 6.09 Å². The fourth-order valence-corrected chi connectivity index (χ4v) is 5.90. The summed E-state index contributed by atoms with van der Waals surface area (Å²) < 4.78 is 5.27. The molecule has 9 nitrogen and oxygen atoms in total. The van der Waals surface area contributed by atoms with E-state index in [0.29, 0.717) is 36.3 Å². The molecule has 3 N–H and O–H groups in total. The van der Waals surface area contributed by atoms with Gasteiger partial charge in [0.25, 0.3) is 0 Å². The van der Waals surface area contributed by atoms with Crippen molar-refractivity contribution in [2.45, 2.75) is 76.6 Å². The zero-order valence-corrected chi connectivity index (χ0v) is 23.0. The highest BCUT2D eigenvalue weighted by atomic mass is 16.6. The summed E-state index contributed by atoms with van der Waals surface area (Å²) in [5.74, 6) is 0.657. The summed E-state index contributed by atoms with van der Waals surface area (Å²) in [7, 11) is 2.22. The van der Waals surface area contributed by atoms with Gasteiger partial charge in [-0.15, -0.1) is 0 Å². The van der Waals surface area contributed by atoms with E-state index in [1.165, 1.54) is 18.3 Å². The molecule has 2 unspecified atom stereocenters. The number of hydrogen-bond acceptors (Lipinski definition) is 8. The van der Waals surface area contributed by atoms with Crippen molar-refractivity contribution in [3.8, 4) is 0 Å². The van der Waals surface area contributed by atoms with Crippen LogP contribution in [0.15, 0.2) is 30.6 Å². The highest BCUT2D eigenvalue weighted by molar-refractivity contribution is 6.07. The van der Waals surface area contributed by atoms with Gasteiger partial charge in [-0.05, 0) is 84.0 Å². The lowest BCUT2D eigenvalue weighted by Gasteiger charge is -2.35. The Balaban J connectivity index is 1.11. The Kier molecular flexibility index (Phi) is 7.56. The van der Waals surface area contributed by atoms with E-state index in [1.807, 2.05) is 27.0 Å². The lowest BCUT2D eigenvalue weighted by molar-refractivity contribution is 0.0525. The number of piperazine rings is 1. The van der Waals surface area contributed by atoms with Crippen LogP contribution in [0.1, 0.15) is 58.6 Å². The molecule has 1 aromatic carbocycles. The lowest BCUT2D eigenvalue weighted by Crippen LogP contribution is -2.44. The van der Waals surface area contributed by atoms with E-state index in [2.05, 4.69) is 50.7 Å². The number of hydrogen-bond donors (Lipinski definition) is 3. The van der Waals surface area contributed by atoms with Gasteiger partial charge in [-0.2, -0.15) is 0 Å². The van der Waals surface area contributed by atoms with Crippen LogP contribution >= 0.6 is 0 Å². The smallest absolute Gasteiger partial charge is 0.407 e. The Labute approximate surface area is 225 Å². The maximum absolute atomic E-state index is 11.7. The van der Waals surface area contributed by atoms with Gasteiger partial charge in [0.05, 0.1) is 22.9 Å². The fraction of sp³-hybridized carbons (Fsp3) is 0.586. The number of rotatable bonds is 9. The molecule has 1 saturated carbocycles. The highest BCUT2D eigenvalue weighted by Crippen LogP contribution is 2.35. The molecule has 2 saturated heterocycles. The predicted molar refractivity (Wildman–Crippen MR) is 152 cm³/mol. The first-order valence-corrected chi connectivity index (χ1v) is 13.9. The van der Waals surface area contributed by atoms with E-state index in [0.717, 1.165) is 55.4 Å². The molecule has 2 aromatic rings. The Morgan fingerprint density at radius 1 is 1.18 bits per heavy atom. The monoisotopic (exact) mass is 519 g/mol. The summed E-state index contributed by atoms with van der Waals surface area (Å²) in [6.45, 7) is 8.42.